The van der Waals surface area contributed by atoms with E-state index in [4.69, 9.17) is 0 Å². The summed E-state index contributed by atoms with van der Waals surface area (Å²) in [5.74, 6) is -0.339. The van der Waals surface area contributed by atoms with Gasteiger partial charge in [-0.2, -0.15) is 0 Å². The maximum absolute atomic E-state index is 12.8. The molecule has 0 unspecified atom stereocenters. The first kappa shape index (κ1) is 15.2. The Labute approximate surface area is 134 Å². The minimum absolute atomic E-state index is 0.0490. The van der Waals surface area contributed by atoms with E-state index in [1.165, 1.54) is 12.1 Å². The number of aromatic nitrogens is 2. The largest absolute Gasteiger partial charge is 0.356 e. The molecule has 1 N–H and O–H groups in total. The van der Waals surface area contributed by atoms with E-state index in [1.807, 2.05) is 24.4 Å². The van der Waals surface area contributed by atoms with Crippen LogP contribution in [0.15, 0.2) is 54.9 Å². The predicted molar refractivity (Wildman–Crippen MR) is 87.5 cm³/mol. The van der Waals surface area contributed by atoms with Gasteiger partial charge in [0.1, 0.15) is 11.5 Å². The molecular weight excluding hydrogens is 293 g/mol. The maximum atomic E-state index is 12.8. The zero-order valence-electron chi connectivity index (χ0n) is 12.7. The summed E-state index contributed by atoms with van der Waals surface area (Å²) in [6.45, 7) is 1.41. The number of amides is 1. The molecule has 0 saturated heterocycles. The van der Waals surface area contributed by atoms with Gasteiger partial charge in [-0.15, -0.1) is 0 Å². The van der Waals surface area contributed by atoms with E-state index in [1.54, 1.807) is 18.3 Å². The molecule has 2 heterocycles. The van der Waals surface area contributed by atoms with Crippen LogP contribution in [0.1, 0.15) is 12.0 Å². The molecule has 3 aromatic rings. The molecule has 23 heavy (non-hydrogen) atoms. The van der Waals surface area contributed by atoms with E-state index < -0.39 is 0 Å². The molecule has 5 heteroatoms. The fourth-order valence-electron chi connectivity index (χ4n) is 2.53. The normalized spacial score (nSPS) is 10.8. The lowest BCUT2D eigenvalue weighted by Gasteiger charge is -2.07. The molecule has 0 bridgehead atoms. The van der Waals surface area contributed by atoms with Crippen molar-refractivity contribution in [1.29, 1.82) is 0 Å². The minimum atomic E-state index is -0.290. The molecule has 3 rings (SSSR count). The zero-order valence-corrected chi connectivity index (χ0v) is 12.7. The van der Waals surface area contributed by atoms with Gasteiger partial charge in [0.2, 0.25) is 5.91 Å². The van der Waals surface area contributed by atoms with Crippen molar-refractivity contribution in [3.8, 4) is 0 Å². The van der Waals surface area contributed by atoms with E-state index in [2.05, 4.69) is 14.9 Å². The monoisotopic (exact) mass is 311 g/mol. The van der Waals surface area contributed by atoms with Gasteiger partial charge >= 0.3 is 0 Å². The summed E-state index contributed by atoms with van der Waals surface area (Å²) in [6, 6.07) is 12.0. The Bertz CT molecular complexity index is 795. The summed E-state index contributed by atoms with van der Waals surface area (Å²) >= 11 is 0. The molecular formula is C18H18FN3O. The van der Waals surface area contributed by atoms with E-state index in [0.717, 1.165) is 29.6 Å². The summed E-state index contributed by atoms with van der Waals surface area (Å²) in [5, 5.41) is 4.01. The lowest BCUT2D eigenvalue weighted by molar-refractivity contribution is -0.120. The van der Waals surface area contributed by atoms with Gasteiger partial charge in [-0.3, -0.25) is 4.79 Å². The molecule has 1 aromatic carbocycles. The van der Waals surface area contributed by atoms with E-state index in [-0.39, 0.29) is 18.1 Å². The Morgan fingerprint density at radius 1 is 1.17 bits per heavy atom. The van der Waals surface area contributed by atoms with E-state index in [9.17, 15) is 9.18 Å². The van der Waals surface area contributed by atoms with Crippen LogP contribution in [0.5, 0.6) is 0 Å². The quantitative estimate of drug-likeness (QED) is 0.712. The highest BCUT2D eigenvalue weighted by atomic mass is 19.1. The second-order valence-electron chi connectivity index (χ2n) is 5.43. The third-order valence-electron chi connectivity index (χ3n) is 3.70. The first-order chi connectivity index (χ1) is 11.2. The average Bonchev–Trinajstić information content (AvgIpc) is 2.97. The third kappa shape index (κ3) is 3.94. The number of fused-ring (bicyclic) bond motifs is 1. The van der Waals surface area contributed by atoms with Crippen molar-refractivity contribution in [2.45, 2.75) is 19.4 Å². The molecule has 0 aliphatic carbocycles. The average molecular weight is 311 g/mol. The lowest BCUT2D eigenvalue weighted by Crippen LogP contribution is -2.26. The van der Waals surface area contributed by atoms with Crippen molar-refractivity contribution in [3.63, 3.8) is 0 Å². The minimum Gasteiger partial charge on any atom is -0.356 e. The lowest BCUT2D eigenvalue weighted by atomic mass is 10.1. The SMILES string of the molecule is O=C(Cc1ccc(F)cc1)NCCCn1ccc2cccnc21. The van der Waals surface area contributed by atoms with Crippen molar-refractivity contribution < 1.29 is 9.18 Å². The molecule has 118 valence electrons. The second-order valence-corrected chi connectivity index (χ2v) is 5.43. The summed E-state index contributed by atoms with van der Waals surface area (Å²) < 4.78 is 14.9. The van der Waals surface area contributed by atoms with E-state index in [0.29, 0.717) is 6.54 Å². The van der Waals surface area contributed by atoms with Gasteiger partial charge < -0.3 is 9.88 Å². The molecule has 0 aliphatic heterocycles. The van der Waals surface area contributed by atoms with Crippen LogP contribution in [0.4, 0.5) is 4.39 Å². The number of aryl methyl sites for hydroxylation is 1. The number of nitrogens with one attached hydrogen (secondary N) is 1. The van der Waals surface area contributed by atoms with Gasteiger partial charge in [-0.05, 0) is 42.3 Å². The Hall–Kier alpha value is -2.69. The number of hydrogen-bond donors (Lipinski definition) is 1. The number of halogens is 1. The molecule has 4 nitrogen and oxygen atoms in total. The Balaban J connectivity index is 1.44. The maximum Gasteiger partial charge on any atom is 0.224 e. The molecule has 1 amide bonds. The number of rotatable bonds is 6. The van der Waals surface area contributed by atoms with Crippen LogP contribution in [0.25, 0.3) is 11.0 Å². The van der Waals surface area contributed by atoms with E-state index >= 15 is 0 Å². The third-order valence-corrected chi connectivity index (χ3v) is 3.70. The Kier molecular flexibility index (Phi) is 4.66. The number of hydrogen-bond acceptors (Lipinski definition) is 2. The van der Waals surface area contributed by atoms with Crippen molar-refractivity contribution in [3.05, 3.63) is 66.2 Å². The fourth-order valence-corrected chi connectivity index (χ4v) is 2.53. The van der Waals surface area contributed by atoms with Crippen molar-refractivity contribution in [2.24, 2.45) is 0 Å². The van der Waals surface area contributed by atoms with Crippen molar-refractivity contribution >= 4 is 16.9 Å². The molecule has 0 spiro atoms. The Morgan fingerprint density at radius 3 is 2.83 bits per heavy atom. The van der Waals surface area contributed by atoms with Crippen LogP contribution in [-0.4, -0.2) is 22.0 Å². The predicted octanol–water partition coefficient (Wildman–Crippen LogP) is 2.92. The van der Waals surface area contributed by atoms with Crippen LogP contribution in [0.3, 0.4) is 0 Å². The highest BCUT2D eigenvalue weighted by Crippen LogP contribution is 2.12. The van der Waals surface area contributed by atoms with Crippen LogP contribution in [0.2, 0.25) is 0 Å². The molecule has 0 radical (unpaired) electrons. The molecule has 0 saturated carbocycles. The molecule has 2 aromatic heterocycles. The standard InChI is InChI=1S/C18H18FN3O/c19-16-6-4-14(5-7-16)13-17(23)20-10-2-11-22-12-8-15-3-1-9-21-18(15)22/h1,3-9,12H,2,10-11,13H2,(H,20,23). The summed E-state index contributed by atoms with van der Waals surface area (Å²) in [5.41, 5.74) is 1.77. The zero-order chi connectivity index (χ0) is 16.1. The summed E-state index contributed by atoms with van der Waals surface area (Å²) in [7, 11) is 0. The van der Waals surface area contributed by atoms with Crippen LogP contribution < -0.4 is 5.32 Å². The van der Waals surface area contributed by atoms with Crippen molar-refractivity contribution in [1.82, 2.24) is 14.9 Å². The summed E-state index contributed by atoms with van der Waals surface area (Å²) in [6.07, 6.45) is 4.89. The van der Waals surface area contributed by atoms with Gasteiger partial charge in [-0.1, -0.05) is 12.1 Å². The first-order valence-electron chi connectivity index (χ1n) is 7.63. The smallest absolute Gasteiger partial charge is 0.224 e. The molecule has 0 atom stereocenters. The summed E-state index contributed by atoms with van der Waals surface area (Å²) in [4.78, 5) is 16.2. The number of pyridine rings is 1. The number of benzene rings is 1. The number of carbonyl (C=O) groups excluding carboxylic acids is 1. The first-order valence-corrected chi connectivity index (χ1v) is 7.63. The highest BCUT2D eigenvalue weighted by Gasteiger charge is 2.04. The topological polar surface area (TPSA) is 46.9 Å². The van der Waals surface area contributed by atoms with Crippen molar-refractivity contribution in [2.75, 3.05) is 6.54 Å². The highest BCUT2D eigenvalue weighted by molar-refractivity contribution is 5.78. The van der Waals surface area contributed by atoms with Crippen LogP contribution in [-0.2, 0) is 17.8 Å². The number of nitrogens with zero attached hydrogens (tertiary/aromatic N) is 2. The van der Waals surface area contributed by atoms with Crippen LogP contribution in [0, 0.1) is 5.82 Å². The fraction of sp³-hybridized carbons (Fsp3) is 0.222. The number of carbonyl (C=O) groups is 1. The van der Waals surface area contributed by atoms with Gasteiger partial charge in [-0.25, -0.2) is 9.37 Å². The van der Waals surface area contributed by atoms with Gasteiger partial charge in [0.05, 0.1) is 6.42 Å². The van der Waals surface area contributed by atoms with Gasteiger partial charge in [0.15, 0.2) is 0 Å². The Morgan fingerprint density at radius 2 is 2.00 bits per heavy atom. The second kappa shape index (κ2) is 7.05. The molecule has 0 aliphatic rings. The van der Waals surface area contributed by atoms with Crippen LogP contribution >= 0.6 is 0 Å². The molecule has 0 fully saturated rings. The van der Waals surface area contributed by atoms with Gasteiger partial charge in [0.25, 0.3) is 0 Å². The van der Waals surface area contributed by atoms with Gasteiger partial charge in [0, 0.05) is 30.9 Å².